The third-order valence-corrected chi connectivity index (χ3v) is 8.17. The molecule has 5 atom stereocenters. The molecule has 0 radical (unpaired) electrons. The van der Waals surface area contributed by atoms with E-state index in [1.54, 1.807) is 14.7 Å². The Bertz CT molecular complexity index is 918. The van der Waals surface area contributed by atoms with Gasteiger partial charge in [0.05, 0.1) is 31.2 Å². The number of ether oxygens (including phenoxy) is 2. The predicted molar refractivity (Wildman–Crippen MR) is 131 cm³/mol. The molecule has 1 spiro atoms. The zero-order chi connectivity index (χ0) is 25.3. The molecule has 0 aromatic heterocycles. The number of carbonyl (C=O) groups excluding carboxylic acids is 3. The summed E-state index contributed by atoms with van der Waals surface area (Å²) >= 11 is 0. The number of likely N-dealkylation sites (tertiary alicyclic amines) is 1. The number of hydrogen-bond donors (Lipinski definition) is 1. The highest BCUT2D eigenvalue weighted by atomic mass is 16.5. The minimum Gasteiger partial charge on any atom is -0.396 e. The topological polar surface area (TPSA) is 103 Å². The van der Waals surface area contributed by atoms with Crippen LogP contribution in [0.25, 0.3) is 0 Å². The molecule has 0 aliphatic carbocycles. The molecular weight excluding hydrogens is 464 g/mol. The van der Waals surface area contributed by atoms with E-state index in [1.165, 1.54) is 0 Å². The molecule has 36 heavy (non-hydrogen) atoms. The molecule has 3 fully saturated rings. The molecule has 10 nitrogen and oxygen atoms in total. The lowest BCUT2D eigenvalue weighted by Crippen LogP contribution is -2.56. The summed E-state index contributed by atoms with van der Waals surface area (Å²) in [5.41, 5.74) is -1.19. The zero-order valence-corrected chi connectivity index (χ0v) is 21.1. The van der Waals surface area contributed by atoms with Crippen LogP contribution in [-0.4, -0.2) is 132 Å². The third kappa shape index (κ3) is 4.27. The number of rotatable bonds is 8. The maximum absolute atomic E-state index is 14.1. The molecule has 1 unspecified atom stereocenters. The van der Waals surface area contributed by atoms with Gasteiger partial charge in [-0.25, -0.2) is 0 Å². The van der Waals surface area contributed by atoms with Crippen LogP contribution < -0.4 is 0 Å². The van der Waals surface area contributed by atoms with Crippen molar-refractivity contribution in [3.8, 4) is 0 Å². The van der Waals surface area contributed by atoms with E-state index in [9.17, 15) is 19.5 Å². The van der Waals surface area contributed by atoms with Crippen LogP contribution in [-0.2, 0) is 23.9 Å². The Kier molecular flexibility index (Phi) is 7.48. The first-order valence-electron chi connectivity index (χ1n) is 13.3. The third-order valence-electron chi connectivity index (χ3n) is 8.17. The number of amides is 3. The van der Waals surface area contributed by atoms with E-state index in [1.807, 2.05) is 31.2 Å². The minimum atomic E-state index is -1.19. The molecule has 1 N–H and O–H groups in total. The van der Waals surface area contributed by atoms with Crippen molar-refractivity contribution in [2.24, 2.45) is 11.8 Å². The lowest BCUT2D eigenvalue weighted by atomic mass is 9.77. The Balaban J connectivity index is 1.46. The zero-order valence-electron chi connectivity index (χ0n) is 21.1. The number of fused-ring (bicyclic) bond motifs is 2. The number of aliphatic hydroxyl groups excluding tert-OH is 1. The summed E-state index contributed by atoms with van der Waals surface area (Å²) in [6, 6.07) is -0.849. The van der Waals surface area contributed by atoms with Crippen molar-refractivity contribution >= 4 is 17.7 Å². The Morgan fingerprint density at radius 3 is 2.47 bits per heavy atom. The van der Waals surface area contributed by atoms with Crippen LogP contribution in [0.4, 0.5) is 0 Å². The summed E-state index contributed by atoms with van der Waals surface area (Å²) in [6.07, 6.45) is 8.28. The van der Waals surface area contributed by atoms with Gasteiger partial charge in [0.2, 0.25) is 17.7 Å². The fraction of sp³-hybridized carbons (Fsp3) is 0.731. The van der Waals surface area contributed by atoms with E-state index in [2.05, 4.69) is 4.90 Å². The molecule has 0 bridgehead atoms. The van der Waals surface area contributed by atoms with Crippen molar-refractivity contribution in [1.82, 2.24) is 19.6 Å². The average Bonchev–Trinajstić information content (AvgIpc) is 3.20. The molecule has 5 aliphatic heterocycles. The second-order valence-electron chi connectivity index (χ2n) is 10.3. The van der Waals surface area contributed by atoms with Crippen LogP contribution in [0.3, 0.4) is 0 Å². The first kappa shape index (κ1) is 25.4. The Morgan fingerprint density at radius 2 is 1.72 bits per heavy atom. The predicted octanol–water partition coefficient (Wildman–Crippen LogP) is -0.511. The van der Waals surface area contributed by atoms with Crippen molar-refractivity contribution in [2.75, 3.05) is 72.2 Å². The molecule has 5 aliphatic rings. The SMILES string of the molecule is CCCN1CC=C[C@H]2O[C@]34C=CCN(CCN5CCOCC5)C(=O)C3N(CCCO)C(=O)[C@@H]4[C@H]2C1=O. The number of nitrogens with zero attached hydrogens (tertiary/aromatic N) is 4. The normalized spacial score (nSPS) is 34.6. The summed E-state index contributed by atoms with van der Waals surface area (Å²) < 4.78 is 12.0. The summed E-state index contributed by atoms with van der Waals surface area (Å²) in [5, 5.41) is 9.51. The van der Waals surface area contributed by atoms with Crippen LogP contribution in [0, 0.1) is 11.8 Å². The van der Waals surface area contributed by atoms with Gasteiger partial charge in [0.1, 0.15) is 11.6 Å². The highest BCUT2D eigenvalue weighted by Gasteiger charge is 2.71. The van der Waals surface area contributed by atoms with E-state index in [-0.39, 0.29) is 30.9 Å². The number of hydrogen-bond acceptors (Lipinski definition) is 7. The van der Waals surface area contributed by atoms with Gasteiger partial charge < -0.3 is 29.3 Å². The second-order valence-corrected chi connectivity index (χ2v) is 10.3. The van der Waals surface area contributed by atoms with Crippen LogP contribution in [0.2, 0.25) is 0 Å². The minimum absolute atomic E-state index is 0.0842. The number of aliphatic hydroxyl groups is 1. The van der Waals surface area contributed by atoms with E-state index < -0.39 is 29.6 Å². The van der Waals surface area contributed by atoms with Gasteiger partial charge in [-0.15, -0.1) is 0 Å². The van der Waals surface area contributed by atoms with E-state index in [0.29, 0.717) is 45.8 Å². The number of morpholine rings is 1. The average molecular weight is 503 g/mol. The second kappa shape index (κ2) is 10.6. The maximum atomic E-state index is 14.1. The van der Waals surface area contributed by atoms with Crippen LogP contribution in [0.5, 0.6) is 0 Å². The van der Waals surface area contributed by atoms with E-state index in [4.69, 9.17) is 9.47 Å². The molecule has 10 heteroatoms. The molecule has 198 valence electrons. The van der Waals surface area contributed by atoms with Crippen LogP contribution in [0.15, 0.2) is 24.3 Å². The van der Waals surface area contributed by atoms with E-state index >= 15 is 0 Å². The van der Waals surface area contributed by atoms with Crippen LogP contribution >= 0.6 is 0 Å². The van der Waals surface area contributed by atoms with Gasteiger partial charge in [-0.2, -0.15) is 0 Å². The monoisotopic (exact) mass is 502 g/mol. The molecule has 3 amide bonds. The molecular formula is C26H38N4O6. The fourth-order valence-corrected chi connectivity index (χ4v) is 6.48. The molecule has 5 heterocycles. The quantitative estimate of drug-likeness (QED) is 0.446. The van der Waals surface area contributed by atoms with Crippen molar-refractivity contribution in [3.63, 3.8) is 0 Å². The van der Waals surface area contributed by atoms with Gasteiger partial charge in [-0.3, -0.25) is 19.3 Å². The van der Waals surface area contributed by atoms with Gasteiger partial charge in [0.15, 0.2) is 0 Å². The Hall–Kier alpha value is -2.27. The fourth-order valence-electron chi connectivity index (χ4n) is 6.48. The largest absolute Gasteiger partial charge is 0.396 e. The van der Waals surface area contributed by atoms with Crippen molar-refractivity contribution in [2.45, 2.75) is 37.5 Å². The molecule has 0 aromatic rings. The van der Waals surface area contributed by atoms with Gasteiger partial charge in [0, 0.05) is 59.0 Å². The van der Waals surface area contributed by atoms with E-state index in [0.717, 1.165) is 26.1 Å². The smallest absolute Gasteiger partial charge is 0.249 e. The van der Waals surface area contributed by atoms with Crippen molar-refractivity contribution in [3.05, 3.63) is 24.3 Å². The van der Waals surface area contributed by atoms with Crippen molar-refractivity contribution < 1.29 is 29.0 Å². The first-order chi connectivity index (χ1) is 17.5. The van der Waals surface area contributed by atoms with Gasteiger partial charge in [0.25, 0.3) is 0 Å². The summed E-state index contributed by atoms with van der Waals surface area (Å²) in [7, 11) is 0. The highest BCUT2D eigenvalue weighted by Crippen LogP contribution is 2.53. The van der Waals surface area contributed by atoms with Gasteiger partial charge in [-0.1, -0.05) is 31.2 Å². The number of carbonyl (C=O) groups is 3. The Labute approximate surface area is 212 Å². The van der Waals surface area contributed by atoms with Crippen molar-refractivity contribution in [1.29, 1.82) is 0 Å². The van der Waals surface area contributed by atoms with Gasteiger partial charge >= 0.3 is 0 Å². The summed E-state index contributed by atoms with van der Waals surface area (Å²) in [4.78, 5) is 49.1. The first-order valence-corrected chi connectivity index (χ1v) is 13.3. The summed E-state index contributed by atoms with van der Waals surface area (Å²) in [6.45, 7) is 8.06. The Morgan fingerprint density at radius 1 is 0.972 bits per heavy atom. The lowest BCUT2D eigenvalue weighted by Gasteiger charge is -2.36. The lowest BCUT2D eigenvalue weighted by molar-refractivity contribution is -0.148. The van der Waals surface area contributed by atoms with Gasteiger partial charge in [-0.05, 0) is 12.8 Å². The molecule has 0 aromatic carbocycles. The molecule has 0 saturated carbocycles. The highest BCUT2D eigenvalue weighted by molar-refractivity contribution is 5.99. The summed E-state index contributed by atoms with van der Waals surface area (Å²) in [5.74, 6) is -1.89. The maximum Gasteiger partial charge on any atom is 0.249 e. The standard InChI is InChI=1S/C26H38N4O6/c1-2-8-28-9-3-6-19-20(23(28)32)21-24(33)30(11-5-16-31)22-25(34)29(10-4-7-26(21,22)36-19)13-12-27-14-17-35-18-15-27/h3-4,6-7,19-22,31H,2,5,8-18H2,1H3/t19-,20+,21+,22?,26+/m1/s1. The van der Waals surface area contributed by atoms with Crippen LogP contribution in [0.1, 0.15) is 19.8 Å². The molecule has 3 saturated heterocycles. The molecule has 5 rings (SSSR count).